The number of aromatic nitrogens is 1. The van der Waals surface area contributed by atoms with Crippen LogP contribution in [-0.4, -0.2) is 16.0 Å². The highest BCUT2D eigenvalue weighted by Gasteiger charge is 2.13. The van der Waals surface area contributed by atoms with Gasteiger partial charge in [-0.25, -0.2) is 0 Å². The topological polar surface area (TPSA) is 65.1 Å². The molecular weight excluding hydrogens is 275 g/mol. The van der Waals surface area contributed by atoms with E-state index in [-0.39, 0.29) is 27.5 Å². The van der Waals surface area contributed by atoms with E-state index in [0.29, 0.717) is 11.3 Å². The monoisotopic (exact) mass is 284 g/mol. The number of halogens is 2. The Morgan fingerprint density at radius 1 is 1.39 bits per heavy atom. The lowest BCUT2D eigenvalue weighted by atomic mass is 10.2. The van der Waals surface area contributed by atoms with Crippen molar-refractivity contribution in [3.63, 3.8) is 0 Å². The van der Waals surface area contributed by atoms with Gasteiger partial charge in [0.15, 0.2) is 0 Å². The number of aromatic hydroxyl groups is 1. The van der Waals surface area contributed by atoms with E-state index in [2.05, 4.69) is 10.3 Å². The Labute approximate surface area is 114 Å². The molecule has 0 aliphatic carbocycles. The van der Waals surface area contributed by atoms with Gasteiger partial charge in [0, 0.05) is 11.3 Å². The third-order valence-electron chi connectivity index (χ3n) is 2.52. The highest BCUT2D eigenvalue weighted by atomic mass is 35.5. The summed E-state index contributed by atoms with van der Waals surface area (Å²) in [6, 6.07) is 6.33. The van der Waals surface area contributed by atoms with E-state index in [1.165, 1.54) is 6.07 Å². The minimum absolute atomic E-state index is 0.121. The molecule has 1 amide bonds. The fourth-order valence-electron chi connectivity index (χ4n) is 1.47. The Bertz CT molecular complexity index is 589. The molecule has 1 aromatic heterocycles. The molecule has 0 aliphatic heterocycles. The van der Waals surface area contributed by atoms with Crippen molar-refractivity contribution in [2.75, 3.05) is 5.32 Å². The summed E-state index contributed by atoms with van der Waals surface area (Å²) >= 11 is 11.5. The van der Waals surface area contributed by atoms with E-state index in [9.17, 15) is 9.90 Å². The SMILES string of the molecule is Cc1c(O)cccc1NC(=O)c1cc(Cl)c(Cl)[nH]1. The molecular formula is C12H10Cl2N2O2. The summed E-state index contributed by atoms with van der Waals surface area (Å²) in [5.74, 6) is -0.257. The molecule has 0 fully saturated rings. The van der Waals surface area contributed by atoms with Gasteiger partial charge in [-0.2, -0.15) is 0 Å². The standard InChI is InChI=1S/C12H10Cl2N2O2/c1-6-8(3-2-4-10(6)17)16-12(18)9-5-7(13)11(14)15-9/h2-5,15,17H,1H3,(H,16,18). The van der Waals surface area contributed by atoms with Crippen LogP contribution < -0.4 is 5.32 Å². The lowest BCUT2D eigenvalue weighted by Crippen LogP contribution is -2.13. The molecule has 0 bridgehead atoms. The van der Waals surface area contributed by atoms with Crippen molar-refractivity contribution in [3.8, 4) is 5.75 Å². The quantitative estimate of drug-likeness (QED) is 0.789. The minimum Gasteiger partial charge on any atom is -0.508 e. The van der Waals surface area contributed by atoms with Gasteiger partial charge < -0.3 is 15.4 Å². The number of carbonyl (C=O) groups is 1. The number of anilines is 1. The lowest BCUT2D eigenvalue weighted by Gasteiger charge is -2.08. The largest absolute Gasteiger partial charge is 0.508 e. The number of amides is 1. The number of hydrogen-bond donors (Lipinski definition) is 3. The molecule has 4 nitrogen and oxygen atoms in total. The van der Waals surface area contributed by atoms with Gasteiger partial charge in [0.2, 0.25) is 0 Å². The van der Waals surface area contributed by atoms with Crippen molar-refractivity contribution in [2.24, 2.45) is 0 Å². The zero-order valence-corrected chi connectivity index (χ0v) is 10.9. The maximum absolute atomic E-state index is 11.9. The molecule has 0 atom stereocenters. The number of benzene rings is 1. The van der Waals surface area contributed by atoms with Crippen LogP contribution in [0.25, 0.3) is 0 Å². The number of phenolic OH excluding ortho intramolecular Hbond substituents is 1. The summed E-state index contributed by atoms with van der Waals surface area (Å²) in [6.07, 6.45) is 0. The van der Waals surface area contributed by atoms with Gasteiger partial charge in [-0.1, -0.05) is 29.3 Å². The van der Waals surface area contributed by atoms with Crippen molar-refractivity contribution in [1.82, 2.24) is 4.98 Å². The third kappa shape index (κ3) is 2.44. The van der Waals surface area contributed by atoms with E-state index >= 15 is 0 Å². The Hall–Kier alpha value is -1.65. The van der Waals surface area contributed by atoms with Crippen LogP contribution in [0.4, 0.5) is 5.69 Å². The molecule has 1 heterocycles. The summed E-state index contributed by atoms with van der Waals surface area (Å²) in [4.78, 5) is 14.6. The maximum atomic E-state index is 11.9. The number of carbonyl (C=O) groups excluding carboxylic acids is 1. The Morgan fingerprint density at radius 3 is 2.72 bits per heavy atom. The Balaban J connectivity index is 2.24. The van der Waals surface area contributed by atoms with Gasteiger partial charge in [-0.15, -0.1) is 0 Å². The third-order valence-corrected chi connectivity index (χ3v) is 3.22. The molecule has 2 rings (SSSR count). The number of hydrogen-bond acceptors (Lipinski definition) is 2. The van der Waals surface area contributed by atoms with E-state index in [1.807, 2.05) is 0 Å². The van der Waals surface area contributed by atoms with Crippen LogP contribution in [0.3, 0.4) is 0 Å². The first-order chi connectivity index (χ1) is 8.49. The second kappa shape index (κ2) is 4.92. The van der Waals surface area contributed by atoms with Gasteiger partial charge in [0.1, 0.15) is 16.6 Å². The van der Waals surface area contributed by atoms with Crippen molar-refractivity contribution in [1.29, 1.82) is 0 Å². The van der Waals surface area contributed by atoms with Crippen molar-refractivity contribution >= 4 is 34.8 Å². The van der Waals surface area contributed by atoms with Crippen LogP contribution in [0.2, 0.25) is 10.2 Å². The zero-order valence-electron chi connectivity index (χ0n) is 9.42. The fraction of sp³-hybridized carbons (Fsp3) is 0.0833. The average Bonchev–Trinajstić information content (AvgIpc) is 2.66. The molecule has 0 aliphatic rings. The zero-order chi connectivity index (χ0) is 13.3. The van der Waals surface area contributed by atoms with E-state index in [4.69, 9.17) is 23.2 Å². The van der Waals surface area contributed by atoms with Crippen LogP contribution in [-0.2, 0) is 0 Å². The van der Waals surface area contributed by atoms with Gasteiger partial charge in [-0.3, -0.25) is 4.79 Å². The molecule has 3 N–H and O–H groups in total. The van der Waals surface area contributed by atoms with E-state index in [1.54, 1.807) is 25.1 Å². The van der Waals surface area contributed by atoms with Gasteiger partial charge >= 0.3 is 0 Å². The van der Waals surface area contributed by atoms with Crippen molar-refractivity contribution < 1.29 is 9.90 Å². The van der Waals surface area contributed by atoms with Crippen LogP contribution in [0, 0.1) is 6.92 Å². The average molecular weight is 285 g/mol. The fourth-order valence-corrected chi connectivity index (χ4v) is 1.79. The second-order valence-corrected chi connectivity index (χ2v) is 4.53. The smallest absolute Gasteiger partial charge is 0.272 e. The summed E-state index contributed by atoms with van der Waals surface area (Å²) in [7, 11) is 0. The second-order valence-electron chi connectivity index (χ2n) is 3.75. The molecule has 6 heteroatoms. The molecule has 2 aromatic rings. The van der Waals surface area contributed by atoms with Gasteiger partial charge in [-0.05, 0) is 25.1 Å². The summed E-state index contributed by atoms with van der Waals surface area (Å²) < 4.78 is 0. The molecule has 1 aromatic carbocycles. The Kier molecular flexibility index (Phi) is 3.50. The first-order valence-corrected chi connectivity index (χ1v) is 5.88. The highest BCUT2D eigenvalue weighted by molar-refractivity contribution is 6.41. The summed E-state index contributed by atoms with van der Waals surface area (Å²) in [6.45, 7) is 1.71. The molecule has 0 saturated carbocycles. The molecule has 0 radical (unpaired) electrons. The molecule has 18 heavy (non-hydrogen) atoms. The predicted octanol–water partition coefficient (Wildman–Crippen LogP) is 3.59. The molecule has 94 valence electrons. The van der Waals surface area contributed by atoms with Crippen LogP contribution in [0.5, 0.6) is 5.75 Å². The van der Waals surface area contributed by atoms with E-state index in [0.717, 1.165) is 0 Å². The number of nitrogens with one attached hydrogen (secondary N) is 2. The van der Waals surface area contributed by atoms with Gasteiger partial charge in [0.25, 0.3) is 5.91 Å². The minimum atomic E-state index is -0.377. The summed E-state index contributed by atoms with van der Waals surface area (Å²) in [5, 5.41) is 12.7. The van der Waals surface area contributed by atoms with Crippen molar-refractivity contribution in [3.05, 3.63) is 45.7 Å². The predicted molar refractivity (Wildman–Crippen MR) is 71.6 cm³/mol. The number of rotatable bonds is 2. The molecule has 0 spiro atoms. The molecule has 0 saturated heterocycles. The maximum Gasteiger partial charge on any atom is 0.272 e. The van der Waals surface area contributed by atoms with Gasteiger partial charge in [0.05, 0.1) is 5.02 Å². The first kappa shape index (κ1) is 12.8. The van der Waals surface area contributed by atoms with Crippen molar-refractivity contribution in [2.45, 2.75) is 6.92 Å². The normalized spacial score (nSPS) is 10.4. The highest BCUT2D eigenvalue weighted by Crippen LogP contribution is 2.26. The number of aromatic amines is 1. The molecule has 0 unspecified atom stereocenters. The van der Waals surface area contributed by atoms with Crippen LogP contribution >= 0.6 is 23.2 Å². The van der Waals surface area contributed by atoms with Crippen LogP contribution in [0.1, 0.15) is 16.1 Å². The lowest BCUT2D eigenvalue weighted by molar-refractivity contribution is 0.102. The Morgan fingerprint density at radius 2 is 2.11 bits per heavy atom. The first-order valence-electron chi connectivity index (χ1n) is 5.13. The number of phenols is 1. The van der Waals surface area contributed by atoms with Crippen LogP contribution in [0.15, 0.2) is 24.3 Å². The number of H-pyrrole nitrogens is 1. The van der Waals surface area contributed by atoms with E-state index < -0.39 is 0 Å². The summed E-state index contributed by atoms with van der Waals surface area (Å²) in [5.41, 5.74) is 1.38.